The van der Waals surface area contributed by atoms with Crippen molar-refractivity contribution in [1.29, 1.82) is 0 Å². The Morgan fingerprint density at radius 3 is 2.47 bits per heavy atom. The number of hydrogen-bond acceptors (Lipinski definition) is 3. The number of nitrogens with zero attached hydrogens (tertiary/aromatic N) is 2. The Bertz CT molecular complexity index is 891. The molecule has 2 fully saturated rings. The maximum Gasteiger partial charge on any atom is 0.255 e. The van der Waals surface area contributed by atoms with E-state index >= 15 is 0 Å². The third-order valence-corrected chi connectivity index (χ3v) is 6.42. The van der Waals surface area contributed by atoms with Gasteiger partial charge in [-0.1, -0.05) is 49.6 Å². The summed E-state index contributed by atoms with van der Waals surface area (Å²) >= 11 is 0. The summed E-state index contributed by atoms with van der Waals surface area (Å²) in [6, 6.07) is 14.1. The van der Waals surface area contributed by atoms with Gasteiger partial charge in [0.1, 0.15) is 0 Å². The van der Waals surface area contributed by atoms with Gasteiger partial charge in [0.25, 0.3) is 5.91 Å². The standard InChI is InChI=1S/C25H31N3O2/c1-18-22(14-15-23(26-18)19-9-4-2-5-10-19)25(30)28-16-8-11-20(17-28)24(29)27-21-12-6-3-7-13-21/h2,4-5,9-10,14-15,20-21H,3,6-8,11-13,16-17H2,1H3,(H,27,29). The van der Waals surface area contributed by atoms with Crippen molar-refractivity contribution in [3.63, 3.8) is 0 Å². The van der Waals surface area contributed by atoms with Gasteiger partial charge in [0, 0.05) is 24.7 Å². The van der Waals surface area contributed by atoms with Crippen molar-refractivity contribution in [3.05, 3.63) is 53.7 Å². The van der Waals surface area contributed by atoms with Crippen LogP contribution in [0.25, 0.3) is 11.3 Å². The SMILES string of the molecule is Cc1nc(-c2ccccc2)ccc1C(=O)N1CCCC(C(=O)NC2CCCCC2)C1. The normalized spacial score (nSPS) is 20.0. The Morgan fingerprint density at radius 1 is 0.967 bits per heavy atom. The van der Waals surface area contributed by atoms with E-state index in [0.29, 0.717) is 24.7 Å². The van der Waals surface area contributed by atoms with Crippen LogP contribution in [0.1, 0.15) is 61.0 Å². The molecule has 2 heterocycles. The molecule has 1 N–H and O–H groups in total. The fourth-order valence-electron chi connectivity index (χ4n) is 4.67. The van der Waals surface area contributed by atoms with Crippen molar-refractivity contribution < 1.29 is 9.59 Å². The number of piperidine rings is 1. The molecule has 1 saturated carbocycles. The molecule has 0 spiro atoms. The van der Waals surface area contributed by atoms with Crippen LogP contribution >= 0.6 is 0 Å². The molecule has 2 aromatic rings. The highest BCUT2D eigenvalue weighted by Gasteiger charge is 2.30. The number of amides is 2. The summed E-state index contributed by atoms with van der Waals surface area (Å²) in [5, 5.41) is 3.24. The summed E-state index contributed by atoms with van der Waals surface area (Å²) in [7, 11) is 0. The molecule has 1 atom stereocenters. The van der Waals surface area contributed by atoms with Crippen LogP contribution in [0.2, 0.25) is 0 Å². The van der Waals surface area contributed by atoms with Crippen molar-refractivity contribution in [2.75, 3.05) is 13.1 Å². The second-order valence-corrected chi connectivity index (χ2v) is 8.63. The first kappa shape index (κ1) is 20.6. The van der Waals surface area contributed by atoms with Gasteiger partial charge in [0.15, 0.2) is 0 Å². The van der Waals surface area contributed by atoms with Crippen molar-refractivity contribution in [1.82, 2.24) is 15.2 Å². The number of rotatable bonds is 4. The van der Waals surface area contributed by atoms with Gasteiger partial charge in [0.05, 0.1) is 22.9 Å². The van der Waals surface area contributed by atoms with Gasteiger partial charge in [-0.25, -0.2) is 0 Å². The Kier molecular flexibility index (Phi) is 6.46. The number of likely N-dealkylation sites (tertiary alicyclic amines) is 1. The molecule has 0 bridgehead atoms. The molecule has 2 aliphatic rings. The monoisotopic (exact) mass is 405 g/mol. The molecule has 1 unspecified atom stereocenters. The lowest BCUT2D eigenvalue weighted by atomic mass is 9.92. The second kappa shape index (κ2) is 9.41. The first-order valence-corrected chi connectivity index (χ1v) is 11.2. The van der Waals surface area contributed by atoms with Crippen LogP contribution in [-0.4, -0.2) is 40.8 Å². The Labute approximate surface area is 178 Å². The topological polar surface area (TPSA) is 62.3 Å². The number of carbonyl (C=O) groups is 2. The zero-order valence-corrected chi connectivity index (χ0v) is 17.8. The van der Waals surface area contributed by atoms with Crippen molar-refractivity contribution in [3.8, 4) is 11.3 Å². The van der Waals surface area contributed by atoms with Crippen LogP contribution < -0.4 is 5.32 Å². The third kappa shape index (κ3) is 4.72. The van der Waals surface area contributed by atoms with Crippen molar-refractivity contribution in [2.45, 2.75) is 57.9 Å². The number of aryl methyl sites for hydroxylation is 1. The molecule has 5 nitrogen and oxygen atoms in total. The molecular formula is C25H31N3O2. The Morgan fingerprint density at radius 2 is 1.73 bits per heavy atom. The zero-order valence-electron chi connectivity index (χ0n) is 17.8. The molecular weight excluding hydrogens is 374 g/mol. The minimum Gasteiger partial charge on any atom is -0.353 e. The molecule has 1 aromatic heterocycles. The third-order valence-electron chi connectivity index (χ3n) is 6.42. The predicted molar refractivity (Wildman–Crippen MR) is 118 cm³/mol. The summed E-state index contributed by atoms with van der Waals surface area (Å²) in [5.74, 6) is -0.00932. The first-order valence-electron chi connectivity index (χ1n) is 11.2. The molecule has 1 aliphatic carbocycles. The van der Waals surface area contributed by atoms with Gasteiger partial charge in [-0.2, -0.15) is 0 Å². The molecule has 0 radical (unpaired) electrons. The van der Waals surface area contributed by atoms with E-state index in [1.54, 1.807) is 0 Å². The van der Waals surface area contributed by atoms with Crippen molar-refractivity contribution >= 4 is 11.8 Å². The number of carbonyl (C=O) groups excluding carboxylic acids is 2. The van der Waals surface area contributed by atoms with Crippen LogP contribution in [0, 0.1) is 12.8 Å². The van der Waals surface area contributed by atoms with Gasteiger partial charge in [-0.05, 0) is 44.7 Å². The number of aromatic nitrogens is 1. The first-order chi connectivity index (χ1) is 14.6. The van der Waals surface area contributed by atoms with Crippen LogP contribution in [-0.2, 0) is 4.79 Å². The highest BCUT2D eigenvalue weighted by atomic mass is 16.2. The fraction of sp³-hybridized carbons (Fsp3) is 0.480. The second-order valence-electron chi connectivity index (χ2n) is 8.63. The Balaban J connectivity index is 1.42. The van der Waals surface area contributed by atoms with E-state index in [1.165, 1.54) is 19.3 Å². The van der Waals surface area contributed by atoms with E-state index in [2.05, 4.69) is 10.3 Å². The molecule has 5 heteroatoms. The van der Waals surface area contributed by atoms with Crippen LogP contribution in [0.3, 0.4) is 0 Å². The van der Waals surface area contributed by atoms with Gasteiger partial charge < -0.3 is 10.2 Å². The van der Waals surface area contributed by atoms with Gasteiger partial charge >= 0.3 is 0 Å². The lowest BCUT2D eigenvalue weighted by Crippen LogP contribution is -2.48. The van der Waals surface area contributed by atoms with Crippen LogP contribution in [0.5, 0.6) is 0 Å². The smallest absolute Gasteiger partial charge is 0.255 e. The van der Waals surface area contributed by atoms with E-state index < -0.39 is 0 Å². The zero-order chi connectivity index (χ0) is 20.9. The van der Waals surface area contributed by atoms with E-state index in [-0.39, 0.29) is 17.7 Å². The van der Waals surface area contributed by atoms with E-state index in [9.17, 15) is 9.59 Å². The van der Waals surface area contributed by atoms with Crippen molar-refractivity contribution in [2.24, 2.45) is 5.92 Å². The molecule has 158 valence electrons. The quantitative estimate of drug-likeness (QED) is 0.822. The molecule has 1 aliphatic heterocycles. The minimum atomic E-state index is -0.110. The predicted octanol–water partition coefficient (Wildman–Crippen LogP) is 4.36. The molecule has 2 amide bonds. The highest BCUT2D eigenvalue weighted by molar-refractivity contribution is 5.96. The summed E-state index contributed by atoms with van der Waals surface area (Å²) in [6.45, 7) is 3.08. The van der Waals surface area contributed by atoms with Crippen LogP contribution in [0.15, 0.2) is 42.5 Å². The lowest BCUT2D eigenvalue weighted by molar-refractivity contribution is -0.127. The minimum absolute atomic E-state index is 0.0187. The fourth-order valence-corrected chi connectivity index (χ4v) is 4.67. The van der Waals surface area contributed by atoms with Gasteiger partial charge in [-0.15, -0.1) is 0 Å². The molecule has 1 saturated heterocycles. The highest BCUT2D eigenvalue weighted by Crippen LogP contribution is 2.24. The van der Waals surface area contributed by atoms with Gasteiger partial charge in [0.2, 0.25) is 5.91 Å². The molecule has 4 rings (SSSR count). The average Bonchev–Trinajstić information content (AvgIpc) is 2.80. The summed E-state index contributed by atoms with van der Waals surface area (Å²) < 4.78 is 0. The number of hydrogen-bond donors (Lipinski definition) is 1. The maximum atomic E-state index is 13.2. The molecule has 30 heavy (non-hydrogen) atoms. The van der Waals surface area contributed by atoms with Gasteiger partial charge in [-0.3, -0.25) is 14.6 Å². The number of benzene rings is 1. The van der Waals surface area contributed by atoms with Crippen LogP contribution in [0.4, 0.5) is 0 Å². The number of pyridine rings is 1. The summed E-state index contributed by atoms with van der Waals surface area (Å²) in [4.78, 5) is 32.5. The maximum absolute atomic E-state index is 13.2. The summed E-state index contributed by atoms with van der Waals surface area (Å²) in [6.07, 6.45) is 7.56. The van der Waals surface area contributed by atoms with E-state index in [1.807, 2.05) is 54.3 Å². The molecule has 1 aromatic carbocycles. The lowest BCUT2D eigenvalue weighted by Gasteiger charge is -2.33. The van der Waals surface area contributed by atoms with E-state index in [0.717, 1.165) is 42.6 Å². The summed E-state index contributed by atoms with van der Waals surface area (Å²) in [5.41, 5.74) is 3.27. The largest absolute Gasteiger partial charge is 0.353 e. The number of nitrogens with one attached hydrogen (secondary N) is 1. The van der Waals surface area contributed by atoms with E-state index in [4.69, 9.17) is 0 Å². The average molecular weight is 406 g/mol. The Hall–Kier alpha value is -2.69.